The van der Waals surface area contributed by atoms with Gasteiger partial charge in [-0.05, 0) is 30.7 Å². The number of amides is 1. The first-order valence-corrected chi connectivity index (χ1v) is 10.1. The van der Waals surface area contributed by atoms with Crippen LogP contribution in [0.4, 0.5) is 5.69 Å². The zero-order chi connectivity index (χ0) is 22.1. The Hall–Kier alpha value is -3.74. The van der Waals surface area contributed by atoms with Crippen LogP contribution in [0.15, 0.2) is 53.5 Å². The van der Waals surface area contributed by atoms with E-state index in [0.717, 1.165) is 16.5 Å². The second kappa shape index (κ2) is 8.18. The molecule has 0 saturated heterocycles. The van der Waals surface area contributed by atoms with Gasteiger partial charge < -0.3 is 15.4 Å². The Morgan fingerprint density at radius 3 is 2.68 bits per heavy atom. The van der Waals surface area contributed by atoms with E-state index in [4.69, 9.17) is 0 Å². The summed E-state index contributed by atoms with van der Waals surface area (Å²) >= 11 is 0. The first-order chi connectivity index (χ1) is 14.9. The molecule has 31 heavy (non-hydrogen) atoms. The van der Waals surface area contributed by atoms with E-state index >= 15 is 0 Å². The number of aromatic amines is 1. The summed E-state index contributed by atoms with van der Waals surface area (Å²) in [6.45, 7) is 3.60. The van der Waals surface area contributed by atoms with Crippen molar-refractivity contribution in [3.8, 4) is 0 Å². The highest BCUT2D eigenvalue weighted by Gasteiger charge is 2.35. The Balaban J connectivity index is 1.70. The quantitative estimate of drug-likeness (QED) is 0.545. The van der Waals surface area contributed by atoms with Gasteiger partial charge in [0.1, 0.15) is 5.92 Å². The molecule has 3 aromatic rings. The molecule has 3 atom stereocenters. The number of fused-ring (bicyclic) bond motifs is 3. The number of carboxylic acids is 1. The molecule has 0 fully saturated rings. The van der Waals surface area contributed by atoms with Gasteiger partial charge in [-0.1, -0.05) is 37.3 Å². The van der Waals surface area contributed by atoms with Gasteiger partial charge in [-0.2, -0.15) is 0 Å². The Morgan fingerprint density at radius 1 is 1.16 bits per heavy atom. The van der Waals surface area contributed by atoms with E-state index in [-0.39, 0.29) is 17.6 Å². The maximum Gasteiger partial charge on any atom is 0.318 e. The molecule has 0 spiro atoms. The zero-order valence-corrected chi connectivity index (χ0v) is 17.3. The number of hydrogen-bond acceptors (Lipinski definition) is 4. The number of anilines is 1. The van der Waals surface area contributed by atoms with Gasteiger partial charge in [0.05, 0.1) is 0 Å². The predicted molar refractivity (Wildman–Crippen MR) is 119 cm³/mol. The van der Waals surface area contributed by atoms with Gasteiger partial charge in [-0.15, -0.1) is 0 Å². The number of aliphatic imine (C=N–C) groups is 1. The Morgan fingerprint density at radius 2 is 1.94 bits per heavy atom. The van der Waals surface area contributed by atoms with Gasteiger partial charge in [-0.25, -0.2) is 0 Å². The number of nitrogens with one attached hydrogen (secondary N) is 2. The molecule has 4 rings (SSSR count). The molecule has 0 aliphatic carbocycles. The van der Waals surface area contributed by atoms with E-state index in [2.05, 4.69) is 15.3 Å². The number of carbonyl (C=O) groups excluding carboxylic acids is 2. The molecule has 2 heterocycles. The third-order valence-corrected chi connectivity index (χ3v) is 5.83. The van der Waals surface area contributed by atoms with Crippen LogP contribution in [0.2, 0.25) is 0 Å². The molecule has 1 amide bonds. The van der Waals surface area contributed by atoms with Crippen LogP contribution < -0.4 is 5.32 Å². The summed E-state index contributed by atoms with van der Waals surface area (Å²) in [5.74, 6) is -2.96. The number of benzene rings is 2. The average molecular weight is 417 g/mol. The number of carbonyl (C=O) groups is 3. The number of aromatic nitrogens is 1. The van der Waals surface area contributed by atoms with Crippen molar-refractivity contribution in [2.24, 2.45) is 10.9 Å². The van der Waals surface area contributed by atoms with Crippen LogP contribution in [0.1, 0.15) is 47.3 Å². The summed E-state index contributed by atoms with van der Waals surface area (Å²) in [5.41, 5.74) is 3.29. The fraction of sp³-hybridized carbons (Fsp3) is 0.250. The topological polar surface area (TPSA) is 112 Å². The first-order valence-electron chi connectivity index (χ1n) is 10.1. The summed E-state index contributed by atoms with van der Waals surface area (Å²) in [7, 11) is 0. The van der Waals surface area contributed by atoms with Gasteiger partial charge in [0.25, 0.3) is 0 Å². The van der Waals surface area contributed by atoms with E-state index in [1.807, 2.05) is 31.2 Å². The standard InChI is InChI=1S/C24H23N3O4/c1-13(23(29)26-16-7-5-6-15(10-16)14(2)28)18-11-25-12-19(24(30)31)22-21(18)17-8-3-4-9-20(17)27-22/h3-10,12-13,18-19,27H,11H2,1-2H3,(H,26,29)(H,30,31). The summed E-state index contributed by atoms with van der Waals surface area (Å²) in [5, 5.41) is 13.5. The molecule has 7 nitrogen and oxygen atoms in total. The first kappa shape index (κ1) is 20.5. The van der Waals surface area contributed by atoms with E-state index < -0.39 is 17.8 Å². The molecule has 7 heteroatoms. The molecule has 158 valence electrons. The van der Waals surface area contributed by atoms with Crippen molar-refractivity contribution in [2.75, 3.05) is 11.9 Å². The van der Waals surface area contributed by atoms with Gasteiger partial charge in [-0.3, -0.25) is 19.4 Å². The lowest BCUT2D eigenvalue weighted by atomic mass is 9.83. The van der Waals surface area contributed by atoms with Gasteiger partial charge in [0.15, 0.2) is 5.78 Å². The van der Waals surface area contributed by atoms with E-state index in [9.17, 15) is 19.5 Å². The van der Waals surface area contributed by atoms with E-state index in [1.165, 1.54) is 13.1 Å². The van der Waals surface area contributed by atoms with Crippen LogP contribution in [-0.2, 0) is 9.59 Å². The number of nitrogens with zero attached hydrogens (tertiary/aromatic N) is 1. The van der Waals surface area contributed by atoms with Gasteiger partial charge in [0, 0.05) is 52.4 Å². The van der Waals surface area contributed by atoms with Crippen molar-refractivity contribution >= 4 is 40.5 Å². The van der Waals surface area contributed by atoms with Crippen molar-refractivity contribution in [1.82, 2.24) is 4.98 Å². The highest BCUT2D eigenvalue weighted by atomic mass is 16.4. The van der Waals surface area contributed by atoms with Crippen LogP contribution in [0.3, 0.4) is 0 Å². The van der Waals surface area contributed by atoms with Crippen molar-refractivity contribution in [3.05, 3.63) is 65.4 Å². The maximum atomic E-state index is 13.1. The molecule has 0 saturated carbocycles. The minimum atomic E-state index is -0.990. The number of carboxylic acid groups (broad SMARTS) is 1. The largest absolute Gasteiger partial charge is 0.480 e. The van der Waals surface area contributed by atoms with Gasteiger partial charge in [0.2, 0.25) is 5.91 Å². The lowest BCUT2D eigenvalue weighted by Crippen LogP contribution is -2.28. The monoisotopic (exact) mass is 417 g/mol. The molecule has 1 aliphatic rings. The van der Waals surface area contributed by atoms with Crippen LogP contribution >= 0.6 is 0 Å². The van der Waals surface area contributed by atoms with Crippen molar-refractivity contribution < 1.29 is 19.5 Å². The zero-order valence-electron chi connectivity index (χ0n) is 17.3. The summed E-state index contributed by atoms with van der Waals surface area (Å²) in [4.78, 5) is 44.2. The SMILES string of the molecule is CC(=O)c1cccc(NC(=O)C(C)C2CN=CC(C(=O)O)c3[nH]c4ccccc4c32)c1. The number of rotatable bonds is 5. The molecular weight excluding hydrogens is 394 g/mol. The van der Waals surface area contributed by atoms with Crippen molar-refractivity contribution in [3.63, 3.8) is 0 Å². The fourth-order valence-corrected chi connectivity index (χ4v) is 4.13. The Kier molecular flexibility index (Phi) is 5.42. The fourth-order valence-electron chi connectivity index (χ4n) is 4.13. The molecule has 1 aliphatic heterocycles. The number of Topliss-reactive ketones (excluding diaryl/α,β-unsaturated/α-hetero) is 1. The van der Waals surface area contributed by atoms with Crippen LogP contribution in [-0.4, -0.2) is 40.5 Å². The maximum absolute atomic E-state index is 13.1. The molecule has 3 N–H and O–H groups in total. The molecule has 0 radical (unpaired) electrons. The lowest BCUT2D eigenvalue weighted by molar-refractivity contribution is -0.137. The predicted octanol–water partition coefficient (Wildman–Crippen LogP) is 3.98. The molecule has 0 bridgehead atoms. The van der Waals surface area contributed by atoms with E-state index in [0.29, 0.717) is 23.5 Å². The highest BCUT2D eigenvalue weighted by Crippen LogP contribution is 2.39. The Bertz CT molecular complexity index is 1210. The van der Waals surface area contributed by atoms with Crippen LogP contribution in [0.25, 0.3) is 10.9 Å². The number of ketones is 1. The normalized spacial score (nSPS) is 18.8. The average Bonchev–Trinajstić information content (AvgIpc) is 3.01. The number of aliphatic carboxylic acids is 1. The second-order valence-corrected chi connectivity index (χ2v) is 7.85. The smallest absolute Gasteiger partial charge is 0.318 e. The molecule has 2 aromatic carbocycles. The highest BCUT2D eigenvalue weighted by molar-refractivity contribution is 6.00. The lowest BCUT2D eigenvalue weighted by Gasteiger charge is -2.22. The van der Waals surface area contributed by atoms with Crippen molar-refractivity contribution in [1.29, 1.82) is 0 Å². The minimum absolute atomic E-state index is 0.0783. The third kappa shape index (κ3) is 3.86. The second-order valence-electron chi connectivity index (χ2n) is 7.85. The summed E-state index contributed by atoms with van der Waals surface area (Å²) < 4.78 is 0. The molecule has 3 unspecified atom stereocenters. The number of hydrogen-bond donors (Lipinski definition) is 3. The third-order valence-electron chi connectivity index (χ3n) is 5.83. The van der Waals surface area contributed by atoms with Gasteiger partial charge >= 0.3 is 5.97 Å². The molecular formula is C24H23N3O4. The number of H-pyrrole nitrogens is 1. The van der Waals surface area contributed by atoms with Crippen molar-refractivity contribution in [2.45, 2.75) is 25.7 Å². The molecule has 1 aromatic heterocycles. The number of para-hydroxylation sites is 1. The minimum Gasteiger partial charge on any atom is -0.480 e. The van der Waals surface area contributed by atoms with E-state index in [1.54, 1.807) is 24.3 Å². The Labute approximate surface area is 179 Å². The van der Waals surface area contributed by atoms with Crippen LogP contribution in [0.5, 0.6) is 0 Å². The van der Waals surface area contributed by atoms with Crippen LogP contribution in [0, 0.1) is 5.92 Å². The summed E-state index contributed by atoms with van der Waals surface area (Å²) in [6.07, 6.45) is 1.44. The summed E-state index contributed by atoms with van der Waals surface area (Å²) in [6, 6.07) is 14.4.